The molecule has 0 radical (unpaired) electrons. The molecule has 1 fully saturated rings. The third-order valence-electron chi connectivity index (χ3n) is 4.56. The number of nitrogens with zero attached hydrogens (tertiary/aromatic N) is 2. The predicted molar refractivity (Wildman–Crippen MR) is 97.1 cm³/mol. The van der Waals surface area contributed by atoms with E-state index in [0.717, 1.165) is 0 Å². The molecule has 2 heterocycles. The molecule has 1 unspecified atom stereocenters. The van der Waals surface area contributed by atoms with Gasteiger partial charge in [0.25, 0.3) is 5.91 Å². The van der Waals surface area contributed by atoms with Gasteiger partial charge >= 0.3 is 11.1 Å². The van der Waals surface area contributed by atoms with Crippen LogP contribution in [0.5, 0.6) is 0 Å². The molecule has 26 heavy (non-hydrogen) atoms. The van der Waals surface area contributed by atoms with E-state index in [2.05, 4.69) is 23.8 Å². The molecular formula is C18H22N4O4. The van der Waals surface area contributed by atoms with Crippen LogP contribution in [0.4, 0.5) is 0 Å². The van der Waals surface area contributed by atoms with Gasteiger partial charge in [-0.15, -0.1) is 0 Å². The minimum atomic E-state index is -0.770. The first kappa shape index (κ1) is 17.9. The maximum absolute atomic E-state index is 12.9. The normalized spacial score (nSPS) is 18.0. The van der Waals surface area contributed by atoms with Crippen molar-refractivity contribution >= 4 is 22.8 Å². The van der Waals surface area contributed by atoms with Crippen LogP contribution in [-0.2, 0) is 4.79 Å². The summed E-state index contributed by atoms with van der Waals surface area (Å²) in [5, 5.41) is 0. The number of fused-ring (bicyclic) bond motifs is 1. The Balaban J connectivity index is 1.86. The van der Waals surface area contributed by atoms with Gasteiger partial charge in [-0.3, -0.25) is 19.2 Å². The lowest BCUT2D eigenvalue weighted by atomic mass is 10.1. The second kappa shape index (κ2) is 6.78. The highest BCUT2D eigenvalue weighted by molar-refractivity contribution is 6.00. The highest BCUT2D eigenvalue weighted by Gasteiger charge is 2.34. The second-order valence-electron chi connectivity index (χ2n) is 7.02. The van der Waals surface area contributed by atoms with Crippen LogP contribution in [-0.4, -0.2) is 57.3 Å². The summed E-state index contributed by atoms with van der Waals surface area (Å²) in [5.74, 6) is 0.0358. The number of aromatic nitrogens is 2. The summed E-state index contributed by atoms with van der Waals surface area (Å²) in [6, 6.07) is 4.13. The molecule has 8 nitrogen and oxygen atoms in total. The van der Waals surface area contributed by atoms with Crippen LogP contribution in [0.2, 0.25) is 0 Å². The smallest absolute Gasteiger partial charge is 0.314 e. The maximum Gasteiger partial charge on any atom is 0.314 e. The minimum Gasteiger partial charge on any atom is -0.339 e. The predicted octanol–water partition coefficient (Wildman–Crippen LogP) is 0.545. The lowest BCUT2D eigenvalue weighted by molar-refractivity contribution is -0.140. The van der Waals surface area contributed by atoms with E-state index in [1.807, 2.05) is 0 Å². The average molecular weight is 358 g/mol. The number of rotatable bonds is 3. The standard InChI is InChI=1S/C18H22N4O4/c1-10(2)9-21-6-7-22(11(3)17(21)25)18(26)12-4-5-13-14(8-12)20-16(24)15(23)19-13/h4-5,8,10-11H,6-7,9H2,1-3H3,(H,19,23)(H,20,24). The van der Waals surface area contributed by atoms with Crippen LogP contribution in [0.15, 0.2) is 27.8 Å². The molecule has 0 bridgehead atoms. The SMILES string of the molecule is CC(C)CN1CCN(C(=O)c2ccc3[nH]c(=O)c(=O)[nH]c3c2)C(C)C1=O. The summed E-state index contributed by atoms with van der Waals surface area (Å²) in [6.45, 7) is 7.47. The molecule has 8 heteroatoms. The molecule has 2 amide bonds. The van der Waals surface area contributed by atoms with Crippen LogP contribution in [0.3, 0.4) is 0 Å². The quantitative estimate of drug-likeness (QED) is 0.781. The van der Waals surface area contributed by atoms with Crippen molar-refractivity contribution in [1.82, 2.24) is 19.8 Å². The molecular weight excluding hydrogens is 336 g/mol. The molecule has 1 atom stereocenters. The number of carbonyl (C=O) groups excluding carboxylic acids is 2. The van der Waals surface area contributed by atoms with Gasteiger partial charge in [0.2, 0.25) is 5.91 Å². The number of aromatic amines is 2. The molecule has 2 aromatic rings. The number of amides is 2. The number of benzene rings is 1. The topological polar surface area (TPSA) is 106 Å². The van der Waals surface area contributed by atoms with Gasteiger partial charge in [-0.1, -0.05) is 13.8 Å². The summed E-state index contributed by atoms with van der Waals surface area (Å²) in [6.07, 6.45) is 0. The Morgan fingerprint density at radius 3 is 2.42 bits per heavy atom. The van der Waals surface area contributed by atoms with Gasteiger partial charge in [0.1, 0.15) is 6.04 Å². The molecule has 1 aliphatic heterocycles. The summed E-state index contributed by atoms with van der Waals surface area (Å²) < 4.78 is 0. The average Bonchev–Trinajstić information content (AvgIpc) is 2.59. The van der Waals surface area contributed by atoms with E-state index < -0.39 is 17.2 Å². The van der Waals surface area contributed by atoms with E-state index in [-0.39, 0.29) is 11.8 Å². The van der Waals surface area contributed by atoms with E-state index in [0.29, 0.717) is 42.1 Å². The van der Waals surface area contributed by atoms with Crippen LogP contribution >= 0.6 is 0 Å². The first-order chi connectivity index (χ1) is 12.3. The van der Waals surface area contributed by atoms with Crippen LogP contribution in [0, 0.1) is 5.92 Å². The van der Waals surface area contributed by atoms with E-state index in [1.165, 1.54) is 6.07 Å². The van der Waals surface area contributed by atoms with Crippen molar-refractivity contribution in [2.75, 3.05) is 19.6 Å². The molecule has 1 aromatic carbocycles. The number of hydrogen-bond donors (Lipinski definition) is 2. The second-order valence-corrected chi connectivity index (χ2v) is 7.02. The molecule has 0 saturated carbocycles. The first-order valence-electron chi connectivity index (χ1n) is 8.64. The van der Waals surface area contributed by atoms with Crippen LogP contribution < -0.4 is 11.1 Å². The summed E-state index contributed by atoms with van der Waals surface area (Å²) in [5.41, 5.74) is -0.336. The molecule has 2 N–H and O–H groups in total. The number of hydrogen-bond acceptors (Lipinski definition) is 4. The molecule has 138 valence electrons. The van der Waals surface area contributed by atoms with Crippen molar-refractivity contribution in [1.29, 1.82) is 0 Å². The fourth-order valence-electron chi connectivity index (χ4n) is 3.24. The lowest BCUT2D eigenvalue weighted by Crippen LogP contribution is -2.58. The molecule has 1 aromatic heterocycles. The van der Waals surface area contributed by atoms with Gasteiger partial charge in [0, 0.05) is 25.2 Å². The van der Waals surface area contributed by atoms with E-state index in [1.54, 1.807) is 28.9 Å². The van der Waals surface area contributed by atoms with Gasteiger partial charge in [-0.05, 0) is 31.0 Å². The number of piperazine rings is 1. The summed E-state index contributed by atoms with van der Waals surface area (Å²) in [4.78, 5) is 56.5. The van der Waals surface area contributed by atoms with Crippen LogP contribution in [0.1, 0.15) is 31.1 Å². The van der Waals surface area contributed by atoms with Crippen LogP contribution in [0.25, 0.3) is 11.0 Å². The van der Waals surface area contributed by atoms with Crippen molar-refractivity contribution in [2.45, 2.75) is 26.8 Å². The highest BCUT2D eigenvalue weighted by Crippen LogP contribution is 2.18. The number of carbonyl (C=O) groups is 2. The van der Waals surface area contributed by atoms with Gasteiger partial charge in [0.05, 0.1) is 11.0 Å². The highest BCUT2D eigenvalue weighted by atomic mass is 16.2. The maximum atomic E-state index is 12.9. The largest absolute Gasteiger partial charge is 0.339 e. The summed E-state index contributed by atoms with van der Waals surface area (Å²) in [7, 11) is 0. The Morgan fingerprint density at radius 1 is 1.12 bits per heavy atom. The van der Waals surface area contributed by atoms with Gasteiger partial charge in [-0.2, -0.15) is 0 Å². The van der Waals surface area contributed by atoms with E-state index in [4.69, 9.17) is 0 Å². The first-order valence-corrected chi connectivity index (χ1v) is 8.64. The molecule has 0 aliphatic carbocycles. The Hall–Kier alpha value is -2.90. The zero-order valence-electron chi connectivity index (χ0n) is 15.0. The number of nitrogens with one attached hydrogen (secondary N) is 2. The number of H-pyrrole nitrogens is 2. The van der Waals surface area contributed by atoms with Crippen molar-refractivity contribution in [2.24, 2.45) is 5.92 Å². The Bertz CT molecular complexity index is 975. The fourth-order valence-corrected chi connectivity index (χ4v) is 3.24. The Labute approximate surface area is 149 Å². The van der Waals surface area contributed by atoms with Gasteiger partial charge < -0.3 is 19.8 Å². The zero-order valence-corrected chi connectivity index (χ0v) is 15.0. The van der Waals surface area contributed by atoms with Gasteiger partial charge in [-0.25, -0.2) is 0 Å². The third-order valence-corrected chi connectivity index (χ3v) is 4.56. The monoisotopic (exact) mass is 358 g/mol. The third kappa shape index (κ3) is 3.26. The zero-order chi connectivity index (χ0) is 19.0. The Morgan fingerprint density at radius 2 is 1.77 bits per heavy atom. The minimum absolute atomic E-state index is 0.0585. The molecule has 3 rings (SSSR count). The van der Waals surface area contributed by atoms with Crippen molar-refractivity contribution in [3.05, 3.63) is 44.5 Å². The van der Waals surface area contributed by atoms with E-state index >= 15 is 0 Å². The summed E-state index contributed by atoms with van der Waals surface area (Å²) >= 11 is 0. The molecule has 1 saturated heterocycles. The van der Waals surface area contributed by atoms with Crippen molar-refractivity contribution < 1.29 is 9.59 Å². The van der Waals surface area contributed by atoms with Gasteiger partial charge in [0.15, 0.2) is 0 Å². The fraction of sp³-hybridized carbons (Fsp3) is 0.444. The van der Waals surface area contributed by atoms with Crippen molar-refractivity contribution in [3.63, 3.8) is 0 Å². The lowest BCUT2D eigenvalue weighted by Gasteiger charge is -2.39. The molecule has 1 aliphatic rings. The van der Waals surface area contributed by atoms with E-state index in [9.17, 15) is 19.2 Å². The molecule has 0 spiro atoms. The Kier molecular flexibility index (Phi) is 4.67. The van der Waals surface area contributed by atoms with Crippen molar-refractivity contribution in [3.8, 4) is 0 Å².